The lowest BCUT2D eigenvalue weighted by Crippen LogP contribution is -2.42. The molecular weight excluding hydrogens is 338 g/mol. The molecule has 1 unspecified atom stereocenters. The maximum atomic E-state index is 13.0. The second kappa shape index (κ2) is 8.57. The number of carbonyl (C=O) groups excluding carboxylic acids is 2. The van der Waals surface area contributed by atoms with E-state index in [4.69, 9.17) is 18.0 Å². The van der Waals surface area contributed by atoms with Crippen LogP contribution < -0.4 is 11.2 Å². The minimum atomic E-state index is -0.770. The van der Waals surface area contributed by atoms with Crippen LogP contribution in [0.5, 0.6) is 0 Å². The molecule has 1 aromatic carbocycles. The van der Waals surface area contributed by atoms with Crippen LogP contribution in [0.4, 0.5) is 4.79 Å². The highest BCUT2D eigenvalue weighted by Crippen LogP contribution is 2.22. The average Bonchev–Trinajstić information content (AvgIpc) is 2.83. The van der Waals surface area contributed by atoms with Gasteiger partial charge in [0.2, 0.25) is 0 Å². The van der Waals surface area contributed by atoms with Crippen molar-refractivity contribution < 1.29 is 9.59 Å². The first kappa shape index (κ1) is 18.9. The second-order valence-corrected chi connectivity index (χ2v) is 6.24. The van der Waals surface area contributed by atoms with E-state index in [1.807, 2.05) is 35.2 Å². The van der Waals surface area contributed by atoms with Crippen molar-refractivity contribution in [1.29, 1.82) is 0 Å². The van der Waals surface area contributed by atoms with E-state index in [9.17, 15) is 9.59 Å². The van der Waals surface area contributed by atoms with Crippen molar-refractivity contribution >= 4 is 35.0 Å². The molecule has 1 aliphatic rings. The normalized spacial score (nSPS) is 18.0. The number of unbranched alkanes of at least 4 members (excludes halogenated alkanes) is 1. The number of carbonyl (C=O) groups is 2. The molecule has 1 saturated heterocycles. The van der Waals surface area contributed by atoms with E-state index in [-0.39, 0.29) is 5.91 Å². The third-order valence-electron chi connectivity index (χ3n) is 3.96. The SMILES string of the molecule is CCCCN1C(=S)N(Cc2ccccc2)C(=O)C1/C(C)=N/NC(N)=O. The summed E-state index contributed by atoms with van der Waals surface area (Å²) in [6.45, 7) is 4.83. The number of urea groups is 1. The number of benzene rings is 1. The number of hydrogen-bond acceptors (Lipinski definition) is 4. The van der Waals surface area contributed by atoms with Gasteiger partial charge in [-0.1, -0.05) is 43.7 Å². The van der Waals surface area contributed by atoms with Crippen LogP contribution in [0.15, 0.2) is 35.4 Å². The van der Waals surface area contributed by atoms with Crippen molar-refractivity contribution in [2.24, 2.45) is 10.8 Å². The zero-order valence-electron chi connectivity index (χ0n) is 14.4. The summed E-state index contributed by atoms with van der Waals surface area (Å²) in [5, 5.41) is 4.42. The van der Waals surface area contributed by atoms with Crippen LogP contribution in [0.2, 0.25) is 0 Å². The number of nitrogens with zero attached hydrogens (tertiary/aromatic N) is 3. The van der Waals surface area contributed by atoms with Gasteiger partial charge in [0, 0.05) is 6.54 Å². The van der Waals surface area contributed by atoms with E-state index >= 15 is 0 Å². The van der Waals surface area contributed by atoms with Crippen LogP contribution in [-0.4, -0.2) is 45.1 Å². The molecule has 0 saturated carbocycles. The number of hydrazone groups is 1. The molecule has 3 N–H and O–H groups in total. The molecule has 0 aliphatic carbocycles. The third-order valence-corrected chi connectivity index (χ3v) is 4.42. The van der Waals surface area contributed by atoms with Gasteiger partial charge in [0.15, 0.2) is 11.2 Å². The summed E-state index contributed by atoms with van der Waals surface area (Å²) in [5.41, 5.74) is 8.69. The van der Waals surface area contributed by atoms with Crippen molar-refractivity contribution in [1.82, 2.24) is 15.2 Å². The van der Waals surface area contributed by atoms with Crippen LogP contribution in [-0.2, 0) is 11.3 Å². The Balaban J connectivity index is 2.26. The highest BCUT2D eigenvalue weighted by molar-refractivity contribution is 7.80. The molecule has 1 aromatic rings. The van der Waals surface area contributed by atoms with Crippen molar-refractivity contribution in [3.8, 4) is 0 Å². The number of hydrogen-bond donors (Lipinski definition) is 2. The zero-order valence-corrected chi connectivity index (χ0v) is 15.3. The van der Waals surface area contributed by atoms with Gasteiger partial charge in [-0.05, 0) is 31.1 Å². The standard InChI is InChI=1S/C17H23N5O2S/c1-3-4-10-21-14(12(2)19-20-16(18)24)15(23)22(17(21)25)11-13-8-6-5-7-9-13/h5-9,14H,3-4,10-11H2,1-2H3,(H3,18,20,24)/b19-12+. The molecule has 0 spiro atoms. The van der Waals surface area contributed by atoms with Crippen LogP contribution in [0.3, 0.4) is 0 Å². The molecule has 1 fully saturated rings. The summed E-state index contributed by atoms with van der Waals surface area (Å²) in [5.74, 6) is -0.141. The van der Waals surface area contributed by atoms with Crippen LogP contribution in [0, 0.1) is 0 Å². The Bertz CT molecular complexity index is 677. The maximum Gasteiger partial charge on any atom is 0.332 e. The molecule has 1 atom stereocenters. The first-order chi connectivity index (χ1) is 12.0. The second-order valence-electron chi connectivity index (χ2n) is 5.87. The molecule has 0 aromatic heterocycles. The predicted octanol–water partition coefficient (Wildman–Crippen LogP) is 1.83. The molecule has 1 heterocycles. The minimum absolute atomic E-state index is 0.141. The molecule has 3 amide bonds. The number of amides is 3. The van der Waals surface area contributed by atoms with E-state index < -0.39 is 12.1 Å². The first-order valence-corrected chi connectivity index (χ1v) is 8.62. The van der Waals surface area contributed by atoms with Gasteiger partial charge in [-0.2, -0.15) is 5.10 Å². The Morgan fingerprint density at radius 2 is 2.04 bits per heavy atom. The minimum Gasteiger partial charge on any atom is -0.350 e. The summed E-state index contributed by atoms with van der Waals surface area (Å²) in [6, 6.07) is 8.30. The van der Waals surface area contributed by atoms with Gasteiger partial charge in [-0.15, -0.1) is 0 Å². The van der Waals surface area contributed by atoms with Crippen molar-refractivity contribution in [3.05, 3.63) is 35.9 Å². The van der Waals surface area contributed by atoms with Crippen LogP contribution >= 0.6 is 12.2 Å². The predicted molar refractivity (Wildman–Crippen MR) is 101 cm³/mol. The van der Waals surface area contributed by atoms with E-state index in [2.05, 4.69) is 17.5 Å². The Morgan fingerprint density at radius 3 is 2.64 bits per heavy atom. The highest BCUT2D eigenvalue weighted by Gasteiger charge is 2.43. The highest BCUT2D eigenvalue weighted by atomic mass is 32.1. The van der Waals surface area contributed by atoms with Crippen LogP contribution in [0.1, 0.15) is 32.3 Å². The Morgan fingerprint density at radius 1 is 1.36 bits per heavy atom. The van der Waals surface area contributed by atoms with E-state index in [0.29, 0.717) is 23.9 Å². The molecule has 8 heteroatoms. The van der Waals surface area contributed by atoms with Crippen molar-refractivity contribution in [2.45, 2.75) is 39.3 Å². The number of nitrogens with two attached hydrogens (primary N) is 1. The molecule has 2 rings (SSSR count). The maximum absolute atomic E-state index is 13.0. The van der Waals surface area contributed by atoms with Gasteiger partial charge < -0.3 is 10.6 Å². The van der Waals surface area contributed by atoms with E-state index in [0.717, 1.165) is 18.4 Å². The molecule has 7 nitrogen and oxygen atoms in total. The lowest BCUT2D eigenvalue weighted by molar-refractivity contribution is -0.126. The quantitative estimate of drug-likeness (QED) is 0.440. The largest absolute Gasteiger partial charge is 0.350 e. The van der Waals surface area contributed by atoms with Gasteiger partial charge in [0.05, 0.1) is 12.3 Å². The average molecular weight is 361 g/mol. The lowest BCUT2D eigenvalue weighted by Gasteiger charge is -2.23. The van der Waals surface area contributed by atoms with E-state index in [1.165, 1.54) is 0 Å². The molecule has 0 radical (unpaired) electrons. The Labute approximate surface area is 152 Å². The number of rotatable bonds is 7. The monoisotopic (exact) mass is 361 g/mol. The summed E-state index contributed by atoms with van der Waals surface area (Å²) in [7, 11) is 0. The third kappa shape index (κ3) is 4.54. The van der Waals surface area contributed by atoms with Crippen molar-refractivity contribution in [2.75, 3.05) is 6.54 Å². The summed E-state index contributed by atoms with van der Waals surface area (Å²) >= 11 is 5.55. The summed E-state index contributed by atoms with van der Waals surface area (Å²) in [6.07, 6.45) is 1.88. The van der Waals surface area contributed by atoms with Gasteiger partial charge in [-0.3, -0.25) is 9.69 Å². The van der Waals surface area contributed by atoms with Gasteiger partial charge in [0.1, 0.15) is 0 Å². The Kier molecular flexibility index (Phi) is 6.46. The fourth-order valence-electron chi connectivity index (χ4n) is 2.71. The number of thiocarbonyl (C=S) groups is 1. The zero-order chi connectivity index (χ0) is 18.4. The van der Waals surface area contributed by atoms with Gasteiger partial charge in [0.25, 0.3) is 5.91 Å². The molecule has 0 bridgehead atoms. The van der Waals surface area contributed by atoms with Crippen molar-refractivity contribution in [3.63, 3.8) is 0 Å². The summed E-state index contributed by atoms with van der Waals surface area (Å²) in [4.78, 5) is 27.3. The molecule has 134 valence electrons. The first-order valence-electron chi connectivity index (χ1n) is 8.21. The number of nitrogens with one attached hydrogen (secondary N) is 1. The fourth-order valence-corrected chi connectivity index (χ4v) is 3.07. The Hall–Kier alpha value is -2.48. The lowest BCUT2D eigenvalue weighted by atomic mass is 10.1. The smallest absolute Gasteiger partial charge is 0.332 e. The van der Waals surface area contributed by atoms with E-state index in [1.54, 1.807) is 11.8 Å². The number of primary amides is 1. The molecular formula is C17H23N5O2S. The van der Waals surface area contributed by atoms with Gasteiger partial charge >= 0.3 is 6.03 Å². The fraction of sp³-hybridized carbons (Fsp3) is 0.412. The molecule has 1 aliphatic heterocycles. The topological polar surface area (TPSA) is 91.0 Å². The van der Waals surface area contributed by atoms with Crippen LogP contribution in [0.25, 0.3) is 0 Å². The summed E-state index contributed by atoms with van der Waals surface area (Å²) < 4.78 is 0. The van der Waals surface area contributed by atoms with Gasteiger partial charge in [-0.25, -0.2) is 10.2 Å². The molecule has 25 heavy (non-hydrogen) atoms.